The number of aromatic nitrogens is 3. The monoisotopic (exact) mass is 225 g/mol. The summed E-state index contributed by atoms with van der Waals surface area (Å²) in [5, 5.41) is 3.18. The van der Waals surface area contributed by atoms with E-state index in [9.17, 15) is 0 Å². The fourth-order valence-electron chi connectivity index (χ4n) is 1.02. The quantitative estimate of drug-likeness (QED) is 0.494. The molecule has 16 heavy (non-hydrogen) atoms. The van der Waals surface area contributed by atoms with Crippen LogP contribution in [0.25, 0.3) is 0 Å². The number of hydrogen-bond acceptors (Lipinski definition) is 7. The Labute approximate surface area is 95.4 Å². The smallest absolute Gasteiger partial charge is 0.243 e. The van der Waals surface area contributed by atoms with Crippen molar-refractivity contribution in [2.24, 2.45) is 5.84 Å². The van der Waals surface area contributed by atoms with Crippen molar-refractivity contribution in [2.45, 2.75) is 26.3 Å². The molecule has 7 nitrogen and oxygen atoms in total. The molecule has 7 heteroatoms. The van der Waals surface area contributed by atoms with Gasteiger partial charge in [0.25, 0.3) is 0 Å². The molecule has 0 saturated carbocycles. The number of nitrogens with two attached hydrogens (primary N) is 1. The van der Waals surface area contributed by atoms with Gasteiger partial charge in [-0.2, -0.15) is 15.0 Å². The molecule has 0 aromatic carbocycles. The predicted octanol–water partition coefficient (Wildman–Crippen LogP) is 0.434. The van der Waals surface area contributed by atoms with Crippen LogP contribution in [-0.4, -0.2) is 35.1 Å². The molecule has 0 amide bonds. The van der Waals surface area contributed by atoms with E-state index in [0.717, 1.165) is 6.42 Å². The largest absolute Gasteiger partial charge is 0.352 e. The number of nitrogens with one attached hydrogen (secondary N) is 2. The summed E-state index contributed by atoms with van der Waals surface area (Å²) >= 11 is 0. The number of hydrogen-bond donors (Lipinski definition) is 3. The maximum absolute atomic E-state index is 5.30. The third kappa shape index (κ3) is 3.20. The van der Waals surface area contributed by atoms with Gasteiger partial charge in [0.05, 0.1) is 0 Å². The molecule has 1 unspecified atom stereocenters. The molecule has 0 radical (unpaired) electrons. The molecule has 1 rings (SSSR count). The number of rotatable bonds is 5. The standard InChI is InChI=1S/C9H19N7/c1-5-6(2)11-7-12-8(15-10)14-9(13-7)16(3)4/h6H,5,10H2,1-4H3,(H2,11,12,13,14,15). The second kappa shape index (κ2) is 5.45. The van der Waals surface area contributed by atoms with Crippen molar-refractivity contribution in [3.8, 4) is 0 Å². The van der Waals surface area contributed by atoms with E-state index in [1.54, 1.807) is 4.90 Å². The lowest BCUT2D eigenvalue weighted by molar-refractivity contribution is 0.750. The summed E-state index contributed by atoms with van der Waals surface area (Å²) in [5.41, 5.74) is 2.42. The van der Waals surface area contributed by atoms with Crippen molar-refractivity contribution in [1.29, 1.82) is 0 Å². The maximum Gasteiger partial charge on any atom is 0.243 e. The van der Waals surface area contributed by atoms with E-state index >= 15 is 0 Å². The predicted molar refractivity (Wildman–Crippen MR) is 65.3 cm³/mol. The minimum atomic E-state index is 0.308. The van der Waals surface area contributed by atoms with Gasteiger partial charge >= 0.3 is 0 Å². The van der Waals surface area contributed by atoms with Crippen molar-refractivity contribution in [3.05, 3.63) is 0 Å². The van der Waals surface area contributed by atoms with E-state index in [0.29, 0.717) is 23.9 Å². The molecule has 90 valence electrons. The molecule has 0 spiro atoms. The highest BCUT2D eigenvalue weighted by Crippen LogP contribution is 2.11. The summed E-state index contributed by atoms with van der Waals surface area (Å²) in [6.07, 6.45) is 0.994. The van der Waals surface area contributed by atoms with Crippen LogP contribution in [0.1, 0.15) is 20.3 Å². The van der Waals surface area contributed by atoms with Crippen LogP contribution >= 0.6 is 0 Å². The summed E-state index contributed by atoms with van der Waals surface area (Å²) in [6.45, 7) is 4.16. The van der Waals surface area contributed by atoms with E-state index in [2.05, 4.69) is 39.5 Å². The number of nitrogens with zero attached hydrogens (tertiary/aromatic N) is 4. The molecule has 0 saturated heterocycles. The molecule has 4 N–H and O–H groups in total. The topological polar surface area (TPSA) is 92.0 Å². The van der Waals surface area contributed by atoms with Gasteiger partial charge in [0.2, 0.25) is 17.8 Å². The highest BCUT2D eigenvalue weighted by atomic mass is 15.4. The summed E-state index contributed by atoms with van der Waals surface area (Å²) in [4.78, 5) is 14.3. The van der Waals surface area contributed by atoms with Crippen LogP contribution in [-0.2, 0) is 0 Å². The molecule has 0 aliphatic heterocycles. The zero-order chi connectivity index (χ0) is 12.1. The van der Waals surface area contributed by atoms with Crippen molar-refractivity contribution in [2.75, 3.05) is 29.7 Å². The van der Waals surface area contributed by atoms with Gasteiger partial charge in [0.15, 0.2) is 0 Å². The average Bonchev–Trinajstić information content (AvgIpc) is 2.28. The van der Waals surface area contributed by atoms with E-state index in [-0.39, 0.29) is 0 Å². The van der Waals surface area contributed by atoms with Gasteiger partial charge in [0, 0.05) is 20.1 Å². The summed E-state index contributed by atoms with van der Waals surface area (Å²) < 4.78 is 0. The summed E-state index contributed by atoms with van der Waals surface area (Å²) in [5.74, 6) is 6.75. The third-order valence-electron chi connectivity index (χ3n) is 2.14. The molecule has 1 atom stereocenters. The lowest BCUT2D eigenvalue weighted by atomic mass is 10.3. The zero-order valence-corrected chi connectivity index (χ0v) is 10.2. The van der Waals surface area contributed by atoms with Crippen LogP contribution in [0.5, 0.6) is 0 Å². The van der Waals surface area contributed by atoms with Crippen molar-refractivity contribution in [1.82, 2.24) is 15.0 Å². The fraction of sp³-hybridized carbons (Fsp3) is 0.667. The zero-order valence-electron chi connectivity index (χ0n) is 10.2. The second-order valence-corrected chi connectivity index (χ2v) is 3.78. The minimum absolute atomic E-state index is 0.308. The van der Waals surface area contributed by atoms with Crippen molar-refractivity contribution < 1.29 is 0 Å². The first-order valence-electron chi connectivity index (χ1n) is 5.23. The Bertz CT molecular complexity index is 339. The maximum atomic E-state index is 5.30. The van der Waals surface area contributed by atoms with Crippen molar-refractivity contribution >= 4 is 17.8 Å². The van der Waals surface area contributed by atoms with Gasteiger partial charge in [-0.3, -0.25) is 5.43 Å². The first-order valence-corrected chi connectivity index (χ1v) is 5.23. The molecule has 0 aliphatic rings. The van der Waals surface area contributed by atoms with Gasteiger partial charge in [-0.25, -0.2) is 5.84 Å². The molecule has 0 aliphatic carbocycles. The molecule has 1 aromatic rings. The Morgan fingerprint density at radius 2 is 1.88 bits per heavy atom. The SMILES string of the molecule is CCC(C)Nc1nc(NN)nc(N(C)C)n1. The van der Waals surface area contributed by atoms with Crippen LogP contribution in [0.4, 0.5) is 17.8 Å². The van der Waals surface area contributed by atoms with E-state index in [1.165, 1.54) is 0 Å². The van der Waals surface area contributed by atoms with E-state index in [4.69, 9.17) is 5.84 Å². The normalized spacial score (nSPS) is 12.1. The Balaban J connectivity index is 2.95. The molecule has 0 bridgehead atoms. The Hall–Kier alpha value is -1.63. The molecular formula is C9H19N7. The number of anilines is 3. The van der Waals surface area contributed by atoms with Crippen LogP contribution in [0, 0.1) is 0 Å². The Morgan fingerprint density at radius 3 is 2.38 bits per heavy atom. The fourth-order valence-corrected chi connectivity index (χ4v) is 1.02. The van der Waals surface area contributed by atoms with Gasteiger partial charge < -0.3 is 10.2 Å². The Kier molecular flexibility index (Phi) is 4.24. The number of hydrazine groups is 1. The van der Waals surface area contributed by atoms with Gasteiger partial charge in [0.1, 0.15) is 0 Å². The summed E-state index contributed by atoms with van der Waals surface area (Å²) in [7, 11) is 3.73. The average molecular weight is 225 g/mol. The lowest BCUT2D eigenvalue weighted by Crippen LogP contribution is -2.21. The van der Waals surface area contributed by atoms with Crippen LogP contribution in [0.3, 0.4) is 0 Å². The highest BCUT2D eigenvalue weighted by molar-refractivity contribution is 5.42. The van der Waals surface area contributed by atoms with Crippen LogP contribution in [0.2, 0.25) is 0 Å². The molecule has 0 fully saturated rings. The van der Waals surface area contributed by atoms with Crippen LogP contribution < -0.4 is 21.5 Å². The Morgan fingerprint density at radius 1 is 1.25 bits per heavy atom. The first kappa shape index (κ1) is 12.4. The van der Waals surface area contributed by atoms with E-state index in [1.807, 2.05) is 14.1 Å². The van der Waals surface area contributed by atoms with E-state index < -0.39 is 0 Å². The second-order valence-electron chi connectivity index (χ2n) is 3.78. The molecule has 1 heterocycles. The lowest BCUT2D eigenvalue weighted by Gasteiger charge is -2.15. The minimum Gasteiger partial charge on any atom is -0.352 e. The van der Waals surface area contributed by atoms with Gasteiger partial charge in [-0.15, -0.1) is 0 Å². The number of nitrogen functional groups attached to an aromatic ring is 1. The van der Waals surface area contributed by atoms with Crippen molar-refractivity contribution in [3.63, 3.8) is 0 Å². The van der Waals surface area contributed by atoms with Gasteiger partial charge in [-0.05, 0) is 13.3 Å². The summed E-state index contributed by atoms with van der Waals surface area (Å²) in [6, 6.07) is 0.308. The highest BCUT2D eigenvalue weighted by Gasteiger charge is 2.08. The molecule has 1 aromatic heterocycles. The molecular weight excluding hydrogens is 206 g/mol. The third-order valence-corrected chi connectivity index (χ3v) is 2.14. The van der Waals surface area contributed by atoms with Gasteiger partial charge in [-0.1, -0.05) is 6.92 Å². The first-order chi connectivity index (χ1) is 7.56. The van der Waals surface area contributed by atoms with Crippen LogP contribution in [0.15, 0.2) is 0 Å².